The fraction of sp³-hybridized carbons (Fsp3) is 0.167. The van der Waals surface area contributed by atoms with Crippen LogP contribution < -0.4 is 11.2 Å². The minimum absolute atomic E-state index is 0.265. The molecule has 0 aliphatic carbocycles. The molecule has 0 saturated carbocycles. The predicted octanol–water partition coefficient (Wildman–Crippen LogP) is 0.498. The molecule has 0 bridgehead atoms. The monoisotopic (exact) mass is 217 g/mol. The van der Waals surface area contributed by atoms with Gasteiger partial charge in [0.05, 0.1) is 0 Å². The molecular weight excluding hydrogens is 201 g/mol. The maximum absolute atomic E-state index is 8.95. The Bertz CT molecular complexity index is 371. The first-order valence-corrected chi connectivity index (χ1v) is 5.16. The highest BCUT2D eigenvalue weighted by Crippen LogP contribution is 2.15. The lowest BCUT2D eigenvalue weighted by Gasteiger charge is -2.07. The SMILES string of the molecule is CC(/C=C\C=C/N)c1ccc(B(O)O)cc1. The Hall–Kier alpha value is -1.52. The van der Waals surface area contributed by atoms with Gasteiger partial charge in [-0.2, -0.15) is 0 Å². The minimum atomic E-state index is -1.40. The summed E-state index contributed by atoms with van der Waals surface area (Å²) in [6, 6.07) is 7.19. The highest BCUT2D eigenvalue weighted by Gasteiger charge is 2.10. The van der Waals surface area contributed by atoms with Crippen LogP contribution in [0.4, 0.5) is 0 Å². The van der Waals surface area contributed by atoms with E-state index in [2.05, 4.69) is 6.92 Å². The Morgan fingerprint density at radius 3 is 2.31 bits per heavy atom. The van der Waals surface area contributed by atoms with Gasteiger partial charge >= 0.3 is 7.12 Å². The van der Waals surface area contributed by atoms with Gasteiger partial charge in [0, 0.05) is 0 Å². The molecule has 0 saturated heterocycles. The molecule has 1 atom stereocenters. The zero-order chi connectivity index (χ0) is 12.0. The molecule has 0 radical (unpaired) electrons. The van der Waals surface area contributed by atoms with Crippen molar-refractivity contribution in [3.8, 4) is 0 Å². The summed E-state index contributed by atoms with van der Waals surface area (Å²) in [5.41, 5.74) is 6.84. The summed E-state index contributed by atoms with van der Waals surface area (Å²) in [6.45, 7) is 2.06. The van der Waals surface area contributed by atoms with E-state index in [9.17, 15) is 0 Å². The van der Waals surface area contributed by atoms with Crippen LogP contribution in [0.1, 0.15) is 18.4 Å². The number of hydrogen-bond donors (Lipinski definition) is 3. The summed E-state index contributed by atoms with van der Waals surface area (Å²) in [6.07, 6.45) is 7.16. The first-order chi connectivity index (χ1) is 7.65. The van der Waals surface area contributed by atoms with Crippen LogP contribution in [0.2, 0.25) is 0 Å². The second-order valence-electron chi connectivity index (χ2n) is 3.60. The minimum Gasteiger partial charge on any atom is -0.423 e. The molecule has 0 aliphatic rings. The van der Waals surface area contributed by atoms with Gasteiger partial charge in [-0.05, 0) is 29.2 Å². The van der Waals surface area contributed by atoms with Crippen LogP contribution in [-0.2, 0) is 0 Å². The van der Waals surface area contributed by atoms with Crippen LogP contribution >= 0.6 is 0 Å². The van der Waals surface area contributed by atoms with Gasteiger partial charge < -0.3 is 15.8 Å². The first kappa shape index (κ1) is 12.6. The largest absolute Gasteiger partial charge is 0.488 e. The predicted molar refractivity (Wildman–Crippen MR) is 67.2 cm³/mol. The number of rotatable bonds is 4. The Morgan fingerprint density at radius 2 is 1.81 bits per heavy atom. The van der Waals surface area contributed by atoms with E-state index in [4.69, 9.17) is 15.8 Å². The molecule has 1 rings (SSSR count). The molecule has 0 fully saturated rings. The molecule has 1 aromatic carbocycles. The zero-order valence-corrected chi connectivity index (χ0v) is 9.25. The maximum atomic E-state index is 8.95. The molecule has 84 valence electrons. The van der Waals surface area contributed by atoms with E-state index in [-0.39, 0.29) is 5.92 Å². The summed E-state index contributed by atoms with van der Waals surface area (Å²) in [4.78, 5) is 0. The maximum Gasteiger partial charge on any atom is 0.488 e. The smallest absolute Gasteiger partial charge is 0.423 e. The lowest BCUT2D eigenvalue weighted by Crippen LogP contribution is -2.29. The van der Waals surface area contributed by atoms with Gasteiger partial charge in [0.2, 0.25) is 0 Å². The summed E-state index contributed by atoms with van der Waals surface area (Å²) in [5.74, 6) is 0.265. The standard InChI is InChI=1S/C12H16BNO2/c1-10(4-2-3-9-14)11-5-7-12(8-6-11)13(15)16/h2-10,15-16H,14H2,1H3/b4-2-,9-3-. The molecule has 0 amide bonds. The van der Waals surface area contributed by atoms with Crippen molar-refractivity contribution in [2.45, 2.75) is 12.8 Å². The zero-order valence-electron chi connectivity index (χ0n) is 9.25. The normalized spacial score (nSPS) is 13.4. The van der Waals surface area contributed by atoms with Gasteiger partial charge in [-0.1, -0.05) is 43.3 Å². The van der Waals surface area contributed by atoms with Crippen molar-refractivity contribution in [2.24, 2.45) is 5.73 Å². The molecule has 0 heterocycles. The van der Waals surface area contributed by atoms with Crippen molar-refractivity contribution in [2.75, 3.05) is 0 Å². The number of benzene rings is 1. The molecule has 4 heteroatoms. The molecule has 16 heavy (non-hydrogen) atoms. The van der Waals surface area contributed by atoms with E-state index in [1.165, 1.54) is 6.20 Å². The van der Waals surface area contributed by atoms with Crippen molar-refractivity contribution in [1.29, 1.82) is 0 Å². The van der Waals surface area contributed by atoms with Crippen LogP contribution in [0, 0.1) is 0 Å². The number of allylic oxidation sites excluding steroid dienone is 3. The van der Waals surface area contributed by atoms with Crippen molar-refractivity contribution < 1.29 is 10.0 Å². The van der Waals surface area contributed by atoms with E-state index in [0.717, 1.165) is 5.56 Å². The third kappa shape index (κ3) is 3.57. The third-order valence-electron chi connectivity index (χ3n) is 2.38. The van der Waals surface area contributed by atoms with E-state index < -0.39 is 7.12 Å². The molecule has 3 nitrogen and oxygen atoms in total. The highest BCUT2D eigenvalue weighted by molar-refractivity contribution is 6.58. The molecule has 4 N–H and O–H groups in total. The lowest BCUT2D eigenvalue weighted by molar-refractivity contribution is 0.426. The third-order valence-corrected chi connectivity index (χ3v) is 2.38. The summed E-state index contributed by atoms with van der Waals surface area (Å²) < 4.78 is 0. The Balaban J connectivity index is 2.73. The van der Waals surface area contributed by atoms with Crippen LogP contribution in [0.5, 0.6) is 0 Å². The average molecular weight is 217 g/mol. The van der Waals surface area contributed by atoms with Crippen molar-refractivity contribution in [3.05, 3.63) is 54.3 Å². The summed E-state index contributed by atoms with van der Waals surface area (Å²) >= 11 is 0. The fourth-order valence-corrected chi connectivity index (χ4v) is 1.38. The quantitative estimate of drug-likeness (QED) is 0.508. The van der Waals surface area contributed by atoms with Crippen molar-refractivity contribution >= 4 is 12.6 Å². The highest BCUT2D eigenvalue weighted by atomic mass is 16.4. The van der Waals surface area contributed by atoms with E-state index in [1.54, 1.807) is 18.2 Å². The molecule has 0 aromatic heterocycles. The van der Waals surface area contributed by atoms with Crippen molar-refractivity contribution in [1.82, 2.24) is 0 Å². The van der Waals surface area contributed by atoms with Crippen LogP contribution in [0.25, 0.3) is 0 Å². The molecule has 0 aliphatic heterocycles. The van der Waals surface area contributed by atoms with Crippen LogP contribution in [-0.4, -0.2) is 17.2 Å². The second-order valence-corrected chi connectivity index (χ2v) is 3.60. The average Bonchev–Trinajstić information content (AvgIpc) is 2.29. The summed E-state index contributed by atoms with van der Waals surface area (Å²) in [5, 5.41) is 17.9. The van der Waals surface area contributed by atoms with E-state index >= 15 is 0 Å². The Labute approximate surface area is 96.1 Å². The molecular formula is C12H16BNO2. The van der Waals surface area contributed by atoms with Gasteiger partial charge in [0.15, 0.2) is 0 Å². The lowest BCUT2D eigenvalue weighted by atomic mass is 9.79. The fourth-order valence-electron chi connectivity index (χ4n) is 1.38. The van der Waals surface area contributed by atoms with Gasteiger partial charge in [-0.3, -0.25) is 0 Å². The number of hydrogen-bond acceptors (Lipinski definition) is 3. The Kier molecular flexibility index (Phi) is 4.83. The van der Waals surface area contributed by atoms with Gasteiger partial charge in [-0.25, -0.2) is 0 Å². The molecule has 1 aromatic rings. The molecule has 1 unspecified atom stereocenters. The first-order valence-electron chi connectivity index (χ1n) is 5.16. The van der Waals surface area contributed by atoms with Gasteiger partial charge in [0.25, 0.3) is 0 Å². The Morgan fingerprint density at radius 1 is 1.19 bits per heavy atom. The van der Waals surface area contributed by atoms with Gasteiger partial charge in [0.1, 0.15) is 0 Å². The van der Waals surface area contributed by atoms with E-state index in [1.807, 2.05) is 24.3 Å². The van der Waals surface area contributed by atoms with Gasteiger partial charge in [-0.15, -0.1) is 0 Å². The van der Waals surface area contributed by atoms with Crippen LogP contribution in [0.15, 0.2) is 48.7 Å². The molecule has 0 spiro atoms. The summed E-state index contributed by atoms with van der Waals surface area (Å²) in [7, 11) is -1.40. The van der Waals surface area contributed by atoms with Crippen LogP contribution in [0.3, 0.4) is 0 Å². The number of nitrogens with two attached hydrogens (primary N) is 1. The second kappa shape index (κ2) is 6.15. The van der Waals surface area contributed by atoms with E-state index in [0.29, 0.717) is 5.46 Å². The topological polar surface area (TPSA) is 66.5 Å². The van der Waals surface area contributed by atoms with Crippen molar-refractivity contribution in [3.63, 3.8) is 0 Å².